The van der Waals surface area contributed by atoms with Crippen molar-refractivity contribution < 1.29 is 24.5 Å². The fourth-order valence-electron chi connectivity index (χ4n) is 2.99. The van der Waals surface area contributed by atoms with E-state index in [1.54, 1.807) is 4.90 Å². The summed E-state index contributed by atoms with van der Waals surface area (Å²) < 4.78 is 10.6. The van der Waals surface area contributed by atoms with Crippen LogP contribution in [0.5, 0.6) is 5.75 Å². The number of amides is 1. The summed E-state index contributed by atoms with van der Waals surface area (Å²) in [5.74, 6) is 0.681. The predicted octanol–water partition coefficient (Wildman–Crippen LogP) is 1.38. The number of carbonyl (C=O) groups excluding carboxylic acids is 1. The van der Waals surface area contributed by atoms with Crippen molar-refractivity contribution in [3.05, 3.63) is 29.8 Å². The maximum atomic E-state index is 12.1. The molecule has 0 bridgehead atoms. The highest BCUT2D eigenvalue weighted by molar-refractivity contribution is 5.77. The van der Waals surface area contributed by atoms with Crippen molar-refractivity contribution in [3.63, 3.8) is 0 Å². The number of aliphatic hydroxyl groups is 2. The lowest BCUT2D eigenvalue weighted by Gasteiger charge is -2.26. The van der Waals surface area contributed by atoms with E-state index in [0.717, 1.165) is 37.0 Å². The molecule has 25 heavy (non-hydrogen) atoms. The van der Waals surface area contributed by atoms with Crippen LogP contribution in [0.15, 0.2) is 24.3 Å². The van der Waals surface area contributed by atoms with Gasteiger partial charge in [0.1, 0.15) is 25.1 Å². The number of hydrogen-bond acceptors (Lipinski definition) is 5. The van der Waals surface area contributed by atoms with E-state index < -0.39 is 12.2 Å². The van der Waals surface area contributed by atoms with E-state index in [2.05, 4.69) is 0 Å². The van der Waals surface area contributed by atoms with Crippen LogP contribution < -0.4 is 4.74 Å². The second kappa shape index (κ2) is 10.4. The third-order valence-corrected chi connectivity index (χ3v) is 4.52. The van der Waals surface area contributed by atoms with Gasteiger partial charge in [0.05, 0.1) is 6.10 Å². The number of ether oxygens (including phenoxy) is 2. The van der Waals surface area contributed by atoms with Gasteiger partial charge in [-0.3, -0.25) is 4.79 Å². The third-order valence-electron chi connectivity index (χ3n) is 4.52. The van der Waals surface area contributed by atoms with E-state index in [0.29, 0.717) is 19.5 Å². The number of carbonyl (C=O) groups is 1. The number of fused-ring (bicyclic) bond motifs is 1. The Morgan fingerprint density at radius 1 is 1.20 bits per heavy atom. The van der Waals surface area contributed by atoms with Gasteiger partial charge >= 0.3 is 0 Å². The Kier molecular flexibility index (Phi) is 8.18. The zero-order valence-electron chi connectivity index (χ0n) is 14.9. The fourth-order valence-corrected chi connectivity index (χ4v) is 2.99. The van der Waals surface area contributed by atoms with Crippen molar-refractivity contribution in [1.82, 2.24) is 4.90 Å². The summed E-state index contributed by atoms with van der Waals surface area (Å²) >= 11 is 0. The van der Waals surface area contributed by atoms with Gasteiger partial charge in [0, 0.05) is 20.2 Å². The smallest absolute Gasteiger partial charge is 0.248 e. The van der Waals surface area contributed by atoms with Crippen LogP contribution in [0, 0.1) is 0 Å². The van der Waals surface area contributed by atoms with Crippen LogP contribution in [0.2, 0.25) is 0 Å². The number of nitrogens with zero attached hydrogens (tertiary/aromatic N) is 1. The Labute approximate surface area is 149 Å². The van der Waals surface area contributed by atoms with Crippen LogP contribution >= 0.6 is 0 Å². The average molecular weight is 351 g/mol. The number of aryl methyl sites for hydroxylation is 1. The van der Waals surface area contributed by atoms with Crippen molar-refractivity contribution in [3.8, 4) is 5.75 Å². The average Bonchev–Trinajstić information content (AvgIpc) is 2.62. The minimum Gasteiger partial charge on any atom is -0.491 e. The largest absolute Gasteiger partial charge is 0.491 e. The molecule has 2 rings (SSSR count). The number of para-hydroxylation sites is 1. The standard InChI is InChI=1S/C19H29NO5/c1-24-14-19(23)20-11-6-2-3-7-15-8-4-5-9-18(15)25-13-17(22)16(21)10-12-20/h4-5,8-9,16-17,21-22H,2-3,6-7,10-14H2,1H3/t16-,17+/m0/s1. The molecule has 2 N–H and O–H groups in total. The number of hydrogen-bond donors (Lipinski definition) is 2. The number of methoxy groups -OCH3 is 1. The monoisotopic (exact) mass is 351 g/mol. The van der Waals surface area contributed by atoms with E-state index in [-0.39, 0.29) is 19.1 Å². The maximum absolute atomic E-state index is 12.1. The molecular weight excluding hydrogens is 322 g/mol. The van der Waals surface area contributed by atoms with E-state index in [9.17, 15) is 15.0 Å². The molecule has 6 nitrogen and oxygen atoms in total. The fraction of sp³-hybridized carbons (Fsp3) is 0.632. The number of rotatable bonds is 2. The summed E-state index contributed by atoms with van der Waals surface area (Å²) in [5.41, 5.74) is 1.11. The van der Waals surface area contributed by atoms with Gasteiger partial charge in [-0.15, -0.1) is 0 Å². The van der Waals surface area contributed by atoms with E-state index in [1.165, 1.54) is 7.11 Å². The second-order valence-corrected chi connectivity index (χ2v) is 6.47. The molecule has 0 saturated heterocycles. The number of aliphatic hydroxyl groups excluding tert-OH is 2. The van der Waals surface area contributed by atoms with Gasteiger partial charge in [-0.05, 0) is 37.3 Å². The number of benzene rings is 1. The molecular formula is C19H29NO5. The summed E-state index contributed by atoms with van der Waals surface area (Å²) in [6.45, 7) is 1.11. The zero-order chi connectivity index (χ0) is 18.1. The Morgan fingerprint density at radius 3 is 2.80 bits per heavy atom. The Hall–Kier alpha value is -1.63. The van der Waals surface area contributed by atoms with Crippen LogP contribution in [0.25, 0.3) is 0 Å². The Morgan fingerprint density at radius 2 is 2.00 bits per heavy atom. The minimum atomic E-state index is -0.990. The van der Waals surface area contributed by atoms with Crippen molar-refractivity contribution in [2.45, 2.75) is 44.3 Å². The molecule has 0 aromatic heterocycles. The van der Waals surface area contributed by atoms with Crippen molar-refractivity contribution >= 4 is 5.91 Å². The summed E-state index contributed by atoms with van der Waals surface area (Å²) in [4.78, 5) is 13.8. The first-order valence-electron chi connectivity index (χ1n) is 8.95. The molecule has 0 aliphatic carbocycles. The zero-order valence-corrected chi connectivity index (χ0v) is 14.9. The molecule has 0 unspecified atom stereocenters. The van der Waals surface area contributed by atoms with Crippen molar-refractivity contribution in [2.75, 3.05) is 33.4 Å². The van der Waals surface area contributed by atoms with Gasteiger partial charge < -0.3 is 24.6 Å². The lowest BCUT2D eigenvalue weighted by Crippen LogP contribution is -2.40. The lowest BCUT2D eigenvalue weighted by atomic mass is 10.0. The van der Waals surface area contributed by atoms with E-state index >= 15 is 0 Å². The first-order chi connectivity index (χ1) is 12.1. The third kappa shape index (κ3) is 6.30. The predicted molar refractivity (Wildman–Crippen MR) is 94.6 cm³/mol. The molecule has 0 radical (unpaired) electrons. The van der Waals surface area contributed by atoms with Crippen LogP contribution in [0.4, 0.5) is 0 Å². The Bertz CT molecular complexity index is 536. The molecule has 1 heterocycles. The molecule has 1 aromatic carbocycles. The minimum absolute atomic E-state index is 0.0319. The van der Waals surface area contributed by atoms with Gasteiger partial charge in [0.2, 0.25) is 5.91 Å². The second-order valence-electron chi connectivity index (χ2n) is 6.47. The maximum Gasteiger partial charge on any atom is 0.248 e. The van der Waals surface area contributed by atoms with Crippen LogP contribution in [-0.4, -0.2) is 66.6 Å². The van der Waals surface area contributed by atoms with E-state index in [4.69, 9.17) is 9.47 Å². The van der Waals surface area contributed by atoms with Gasteiger partial charge in [-0.1, -0.05) is 24.6 Å². The SMILES string of the molecule is COCC(=O)N1CCCCCc2ccccc2OC[C@@H](O)[C@@H](O)CC1. The molecule has 0 spiro atoms. The molecule has 6 heteroatoms. The normalized spacial score (nSPS) is 23.2. The first kappa shape index (κ1) is 19.7. The van der Waals surface area contributed by atoms with Crippen molar-refractivity contribution in [1.29, 1.82) is 0 Å². The van der Waals surface area contributed by atoms with Crippen molar-refractivity contribution in [2.24, 2.45) is 0 Å². The molecule has 1 aliphatic rings. The van der Waals surface area contributed by atoms with Gasteiger partial charge in [0.25, 0.3) is 0 Å². The highest BCUT2D eigenvalue weighted by Gasteiger charge is 2.21. The topological polar surface area (TPSA) is 79.2 Å². The molecule has 1 aromatic rings. The van der Waals surface area contributed by atoms with Gasteiger partial charge in [-0.2, -0.15) is 0 Å². The summed E-state index contributed by atoms with van der Waals surface area (Å²) in [6, 6.07) is 7.80. The summed E-state index contributed by atoms with van der Waals surface area (Å²) in [5, 5.41) is 20.3. The van der Waals surface area contributed by atoms with Crippen LogP contribution in [0.3, 0.4) is 0 Å². The molecule has 140 valence electrons. The Balaban J connectivity index is 2.04. The summed E-state index contributed by atoms with van der Waals surface area (Å²) in [7, 11) is 1.50. The van der Waals surface area contributed by atoms with Crippen LogP contribution in [-0.2, 0) is 16.0 Å². The molecule has 0 saturated carbocycles. The van der Waals surface area contributed by atoms with Gasteiger partial charge in [-0.25, -0.2) is 0 Å². The first-order valence-corrected chi connectivity index (χ1v) is 8.95. The molecule has 1 amide bonds. The van der Waals surface area contributed by atoms with E-state index in [1.807, 2.05) is 24.3 Å². The highest BCUT2D eigenvalue weighted by Crippen LogP contribution is 2.21. The molecule has 1 aliphatic heterocycles. The molecule has 0 fully saturated rings. The van der Waals surface area contributed by atoms with Gasteiger partial charge in [0.15, 0.2) is 0 Å². The summed E-state index contributed by atoms with van der Waals surface area (Å²) in [6.07, 6.45) is 2.19. The molecule has 2 atom stereocenters. The quantitative estimate of drug-likeness (QED) is 0.842. The van der Waals surface area contributed by atoms with Crippen LogP contribution in [0.1, 0.15) is 31.2 Å². The lowest BCUT2D eigenvalue weighted by molar-refractivity contribution is -0.135. The highest BCUT2D eigenvalue weighted by atomic mass is 16.5.